The molecule has 0 aromatic rings. The van der Waals surface area contributed by atoms with Gasteiger partial charge in [-0.1, -0.05) is 11.8 Å². The molecule has 84 valence electrons. The first kappa shape index (κ1) is 13.7. The lowest BCUT2D eigenvalue weighted by molar-refractivity contribution is -0.133. The molecule has 0 amide bonds. The fourth-order valence-electron chi connectivity index (χ4n) is 0.788. The first-order valence-electron chi connectivity index (χ1n) is 4.15. The van der Waals surface area contributed by atoms with Crippen molar-refractivity contribution < 1.29 is 22.4 Å². The highest BCUT2D eigenvalue weighted by Crippen LogP contribution is 2.28. The number of carbonyl (C=O) groups excluding carboxylic acids is 1. The number of carbonyl (C=O) groups is 1. The fraction of sp³-hybridized carbons (Fsp3) is 0.875. The maximum Gasteiger partial charge on any atom is 0.307 e. The van der Waals surface area contributed by atoms with E-state index in [4.69, 9.17) is 0 Å². The standard InChI is InChI=1S/C8H12F4OS/c1-6(13)14-5-3-2-4-8(11,12)7(9)10/h7H,2-5H2,1H3. The summed E-state index contributed by atoms with van der Waals surface area (Å²) in [6, 6.07) is 0. The van der Waals surface area contributed by atoms with Crippen LogP contribution in [0.1, 0.15) is 26.2 Å². The Labute approximate surface area is 84.2 Å². The second kappa shape index (κ2) is 6.27. The smallest absolute Gasteiger partial charge is 0.288 e. The van der Waals surface area contributed by atoms with Gasteiger partial charge in [0.1, 0.15) is 0 Å². The number of unbranched alkanes of at least 4 members (excludes halogenated alkanes) is 1. The largest absolute Gasteiger partial charge is 0.307 e. The third-order valence-corrected chi connectivity index (χ3v) is 2.43. The molecule has 0 aliphatic heterocycles. The highest BCUT2D eigenvalue weighted by Gasteiger charge is 2.39. The maximum atomic E-state index is 12.3. The number of halogens is 4. The summed E-state index contributed by atoms with van der Waals surface area (Å²) in [5.41, 5.74) is 0. The van der Waals surface area contributed by atoms with Crippen LogP contribution in [0.4, 0.5) is 17.6 Å². The lowest BCUT2D eigenvalue weighted by Gasteiger charge is -2.14. The van der Waals surface area contributed by atoms with E-state index in [0.29, 0.717) is 12.2 Å². The molecule has 0 aliphatic rings. The van der Waals surface area contributed by atoms with Gasteiger partial charge in [0.15, 0.2) is 5.12 Å². The van der Waals surface area contributed by atoms with Gasteiger partial charge in [0.05, 0.1) is 0 Å². The number of rotatable bonds is 6. The topological polar surface area (TPSA) is 17.1 Å². The van der Waals surface area contributed by atoms with Gasteiger partial charge in [-0.15, -0.1) is 0 Å². The molecule has 0 spiro atoms. The Bertz CT molecular complexity index is 184. The molecule has 0 radical (unpaired) electrons. The third kappa shape index (κ3) is 6.23. The minimum atomic E-state index is -3.89. The van der Waals surface area contributed by atoms with Crippen LogP contribution in [0.5, 0.6) is 0 Å². The number of thioether (sulfide) groups is 1. The van der Waals surface area contributed by atoms with E-state index in [1.165, 1.54) is 6.92 Å². The van der Waals surface area contributed by atoms with Crippen molar-refractivity contribution in [2.45, 2.75) is 38.5 Å². The van der Waals surface area contributed by atoms with Gasteiger partial charge in [0, 0.05) is 19.1 Å². The molecule has 0 unspecified atom stereocenters. The zero-order valence-electron chi connectivity index (χ0n) is 7.73. The van der Waals surface area contributed by atoms with Crippen molar-refractivity contribution in [2.75, 3.05) is 5.75 Å². The normalized spacial score (nSPS) is 12.1. The quantitative estimate of drug-likeness (QED) is 0.516. The van der Waals surface area contributed by atoms with Crippen LogP contribution in [-0.2, 0) is 4.79 Å². The van der Waals surface area contributed by atoms with Gasteiger partial charge >= 0.3 is 12.3 Å². The average Bonchev–Trinajstić information content (AvgIpc) is 2.02. The van der Waals surface area contributed by atoms with Crippen molar-refractivity contribution in [2.24, 2.45) is 0 Å². The fourth-order valence-corrected chi connectivity index (χ4v) is 1.42. The van der Waals surface area contributed by atoms with Gasteiger partial charge in [-0.05, 0) is 12.8 Å². The van der Waals surface area contributed by atoms with E-state index in [-0.39, 0.29) is 11.5 Å². The summed E-state index contributed by atoms with van der Waals surface area (Å²) < 4.78 is 47.9. The third-order valence-electron chi connectivity index (χ3n) is 1.53. The summed E-state index contributed by atoms with van der Waals surface area (Å²) >= 11 is 1.02. The molecule has 0 heterocycles. The first-order chi connectivity index (χ1) is 6.36. The number of hydrogen-bond donors (Lipinski definition) is 0. The number of hydrogen-bond acceptors (Lipinski definition) is 2. The zero-order valence-corrected chi connectivity index (χ0v) is 8.55. The summed E-state index contributed by atoms with van der Waals surface area (Å²) in [5, 5.41) is -0.0920. The minimum absolute atomic E-state index is 0.0115. The SMILES string of the molecule is CC(=O)SCCCCC(F)(F)C(F)F. The van der Waals surface area contributed by atoms with Crippen LogP contribution in [0.25, 0.3) is 0 Å². The van der Waals surface area contributed by atoms with Crippen LogP contribution in [0, 0.1) is 0 Å². The van der Waals surface area contributed by atoms with Crippen LogP contribution < -0.4 is 0 Å². The van der Waals surface area contributed by atoms with E-state index in [9.17, 15) is 22.4 Å². The van der Waals surface area contributed by atoms with Crippen molar-refractivity contribution in [3.05, 3.63) is 0 Å². The second-order valence-electron chi connectivity index (χ2n) is 2.86. The molecule has 0 rings (SSSR count). The van der Waals surface area contributed by atoms with Crippen molar-refractivity contribution in [3.8, 4) is 0 Å². The summed E-state index contributed by atoms with van der Waals surface area (Å²) in [4.78, 5) is 10.4. The Morgan fingerprint density at radius 2 is 1.93 bits per heavy atom. The number of alkyl halides is 4. The molecular weight excluding hydrogens is 220 g/mol. The molecule has 6 heteroatoms. The lowest BCUT2D eigenvalue weighted by Crippen LogP contribution is -2.26. The molecule has 0 atom stereocenters. The Hall–Kier alpha value is -0.260. The molecule has 1 nitrogen and oxygen atoms in total. The first-order valence-corrected chi connectivity index (χ1v) is 5.14. The minimum Gasteiger partial charge on any atom is -0.288 e. The molecule has 0 aromatic carbocycles. The summed E-state index contributed by atoms with van der Waals surface area (Å²) in [7, 11) is 0. The van der Waals surface area contributed by atoms with E-state index in [1.54, 1.807) is 0 Å². The average molecular weight is 232 g/mol. The molecule has 0 bridgehead atoms. The monoisotopic (exact) mass is 232 g/mol. The Kier molecular flexibility index (Phi) is 6.15. The van der Waals surface area contributed by atoms with E-state index < -0.39 is 18.8 Å². The van der Waals surface area contributed by atoms with Gasteiger partial charge in [-0.3, -0.25) is 4.79 Å². The predicted molar refractivity (Wildman–Crippen MR) is 47.9 cm³/mol. The summed E-state index contributed by atoms with van der Waals surface area (Å²) in [6.45, 7) is 1.37. The van der Waals surface area contributed by atoms with Crippen molar-refractivity contribution in [3.63, 3.8) is 0 Å². The van der Waals surface area contributed by atoms with Gasteiger partial charge < -0.3 is 0 Å². The van der Waals surface area contributed by atoms with Crippen LogP contribution in [0.3, 0.4) is 0 Å². The maximum absolute atomic E-state index is 12.3. The summed E-state index contributed by atoms with van der Waals surface area (Å²) in [5.74, 6) is -3.48. The Balaban J connectivity index is 3.49. The van der Waals surface area contributed by atoms with Gasteiger partial charge in [0.25, 0.3) is 0 Å². The Morgan fingerprint density at radius 3 is 2.36 bits per heavy atom. The van der Waals surface area contributed by atoms with E-state index >= 15 is 0 Å². The molecule has 0 aliphatic carbocycles. The molecule has 0 aromatic heterocycles. The molecular formula is C8H12F4OS. The zero-order chi connectivity index (χ0) is 11.2. The molecule has 0 saturated heterocycles. The van der Waals surface area contributed by atoms with Crippen molar-refractivity contribution in [1.82, 2.24) is 0 Å². The highest BCUT2D eigenvalue weighted by atomic mass is 32.2. The second-order valence-corrected chi connectivity index (χ2v) is 4.13. The molecule has 0 fully saturated rings. The Morgan fingerprint density at radius 1 is 1.36 bits per heavy atom. The van der Waals surface area contributed by atoms with Crippen LogP contribution in [0.15, 0.2) is 0 Å². The van der Waals surface area contributed by atoms with Gasteiger partial charge in [0.2, 0.25) is 0 Å². The molecule has 0 N–H and O–H groups in total. The molecule has 14 heavy (non-hydrogen) atoms. The predicted octanol–water partition coefficient (Wildman–Crippen LogP) is 3.34. The lowest BCUT2D eigenvalue weighted by atomic mass is 10.1. The van der Waals surface area contributed by atoms with E-state index in [2.05, 4.69) is 0 Å². The highest BCUT2D eigenvalue weighted by molar-refractivity contribution is 8.13. The van der Waals surface area contributed by atoms with Crippen LogP contribution in [0.2, 0.25) is 0 Å². The van der Waals surface area contributed by atoms with Crippen molar-refractivity contribution in [1.29, 1.82) is 0 Å². The van der Waals surface area contributed by atoms with Crippen molar-refractivity contribution >= 4 is 16.9 Å². The van der Waals surface area contributed by atoms with E-state index in [1.807, 2.05) is 0 Å². The van der Waals surface area contributed by atoms with Crippen LogP contribution in [-0.4, -0.2) is 23.2 Å². The van der Waals surface area contributed by atoms with Gasteiger partial charge in [-0.25, -0.2) is 17.6 Å². The molecule has 0 saturated carbocycles. The summed E-state index contributed by atoms with van der Waals surface area (Å²) in [6.07, 6.45) is -4.05. The van der Waals surface area contributed by atoms with E-state index in [0.717, 1.165) is 11.8 Å². The van der Waals surface area contributed by atoms with Crippen LogP contribution >= 0.6 is 11.8 Å². The van der Waals surface area contributed by atoms with Gasteiger partial charge in [-0.2, -0.15) is 0 Å².